The van der Waals surface area contributed by atoms with Crippen LogP contribution >= 0.6 is 24.0 Å². The molecule has 1 aliphatic heterocycles. The number of aromatic nitrogens is 1. The van der Waals surface area contributed by atoms with Gasteiger partial charge in [-0.25, -0.2) is 0 Å². The van der Waals surface area contributed by atoms with Crippen molar-refractivity contribution in [3.05, 3.63) is 24.0 Å². The van der Waals surface area contributed by atoms with Gasteiger partial charge in [-0.1, -0.05) is 19.1 Å². The smallest absolute Gasteiger partial charge is 0.124 e. The second kappa shape index (κ2) is 5.01. The number of thioether (sulfide) groups is 1. The van der Waals surface area contributed by atoms with E-state index in [-0.39, 0.29) is 0 Å². The third-order valence-corrected chi connectivity index (χ3v) is 3.93. The highest BCUT2D eigenvalue weighted by Crippen LogP contribution is 2.25. The minimum atomic E-state index is 0.376. The van der Waals surface area contributed by atoms with E-state index in [1.165, 1.54) is 0 Å². The van der Waals surface area contributed by atoms with Gasteiger partial charge in [-0.15, -0.1) is 0 Å². The normalized spacial score (nSPS) is 20.8. The number of hydrogen-bond acceptors (Lipinski definition) is 4. The topological polar surface area (TPSA) is 42.2 Å². The first-order valence-corrected chi connectivity index (χ1v) is 6.75. The first kappa shape index (κ1) is 11.7. The lowest BCUT2D eigenvalue weighted by Crippen LogP contribution is -2.38. The van der Waals surface area contributed by atoms with E-state index in [9.17, 15) is 0 Å². The monoisotopic (exact) mass is 253 g/mol. The van der Waals surface area contributed by atoms with Crippen LogP contribution < -0.4 is 10.6 Å². The van der Waals surface area contributed by atoms with Crippen LogP contribution in [0.3, 0.4) is 0 Å². The molecular weight excluding hydrogens is 238 g/mol. The Labute approximate surface area is 105 Å². The Balaban J connectivity index is 2.28. The summed E-state index contributed by atoms with van der Waals surface area (Å²) in [7, 11) is 0. The summed E-state index contributed by atoms with van der Waals surface area (Å²) >= 11 is 7.04. The molecule has 1 aromatic heterocycles. The van der Waals surface area contributed by atoms with Gasteiger partial charge in [-0.05, 0) is 12.1 Å². The van der Waals surface area contributed by atoms with Crippen molar-refractivity contribution in [1.82, 2.24) is 4.98 Å². The Morgan fingerprint density at radius 3 is 3.19 bits per heavy atom. The molecule has 0 amide bonds. The molecule has 2 heterocycles. The fourth-order valence-electron chi connectivity index (χ4n) is 1.88. The van der Waals surface area contributed by atoms with Crippen LogP contribution in [0.4, 0.5) is 5.69 Å². The van der Waals surface area contributed by atoms with Gasteiger partial charge < -0.3 is 10.6 Å². The molecule has 1 aliphatic rings. The van der Waals surface area contributed by atoms with Gasteiger partial charge in [0.1, 0.15) is 10.7 Å². The first-order valence-electron chi connectivity index (χ1n) is 5.30. The van der Waals surface area contributed by atoms with Crippen molar-refractivity contribution < 1.29 is 0 Å². The van der Waals surface area contributed by atoms with Crippen molar-refractivity contribution in [3.8, 4) is 0 Å². The van der Waals surface area contributed by atoms with Crippen LogP contribution in [0.25, 0.3) is 0 Å². The molecular formula is C11H15N3S2. The minimum Gasteiger partial charge on any atom is -0.388 e. The molecule has 1 fully saturated rings. The largest absolute Gasteiger partial charge is 0.388 e. The minimum absolute atomic E-state index is 0.376. The Bertz CT molecular complexity index is 395. The SMILES string of the molecule is CC1CN(c2cccnc2C(N)=S)CCS1. The van der Waals surface area contributed by atoms with E-state index >= 15 is 0 Å². The molecule has 3 nitrogen and oxygen atoms in total. The maximum Gasteiger partial charge on any atom is 0.124 e. The Morgan fingerprint density at radius 2 is 2.50 bits per heavy atom. The van der Waals surface area contributed by atoms with Crippen LogP contribution in [0.2, 0.25) is 0 Å². The van der Waals surface area contributed by atoms with E-state index in [0.717, 1.165) is 30.2 Å². The van der Waals surface area contributed by atoms with Gasteiger partial charge in [0.2, 0.25) is 0 Å². The number of nitrogens with zero attached hydrogens (tertiary/aromatic N) is 2. The van der Waals surface area contributed by atoms with Crippen LogP contribution in [0.1, 0.15) is 12.6 Å². The maximum atomic E-state index is 5.69. The van der Waals surface area contributed by atoms with Crippen molar-refractivity contribution in [3.63, 3.8) is 0 Å². The summed E-state index contributed by atoms with van der Waals surface area (Å²) in [5, 5.41) is 0.646. The summed E-state index contributed by atoms with van der Waals surface area (Å²) in [5.74, 6) is 1.15. The summed E-state index contributed by atoms with van der Waals surface area (Å²) in [4.78, 5) is 6.96. The molecule has 0 spiro atoms. The van der Waals surface area contributed by atoms with Gasteiger partial charge in [-0.3, -0.25) is 4.98 Å². The fraction of sp³-hybridized carbons (Fsp3) is 0.455. The van der Waals surface area contributed by atoms with Crippen LogP contribution in [0.5, 0.6) is 0 Å². The molecule has 1 atom stereocenters. The highest BCUT2D eigenvalue weighted by Gasteiger charge is 2.20. The van der Waals surface area contributed by atoms with E-state index in [4.69, 9.17) is 18.0 Å². The molecule has 2 N–H and O–H groups in total. The van der Waals surface area contributed by atoms with Gasteiger partial charge in [0, 0.05) is 30.3 Å². The Kier molecular flexibility index (Phi) is 3.66. The molecule has 0 saturated carbocycles. The van der Waals surface area contributed by atoms with Crippen LogP contribution in [-0.2, 0) is 0 Å². The lowest BCUT2D eigenvalue weighted by molar-refractivity contribution is 0.780. The molecule has 0 bridgehead atoms. The number of thiocarbonyl (C=S) groups is 1. The standard InChI is InChI=1S/C11H15N3S2/c1-8-7-14(5-6-16-8)9-3-2-4-13-10(9)11(12)15/h2-4,8H,5-7H2,1H3,(H2,12,15). The van der Waals surface area contributed by atoms with Gasteiger partial charge in [-0.2, -0.15) is 11.8 Å². The van der Waals surface area contributed by atoms with Crippen LogP contribution in [-0.4, -0.2) is 34.1 Å². The molecule has 5 heteroatoms. The highest BCUT2D eigenvalue weighted by atomic mass is 32.2. The molecule has 0 aliphatic carbocycles. The van der Waals surface area contributed by atoms with Crippen LogP contribution in [0, 0.1) is 0 Å². The number of rotatable bonds is 2. The number of nitrogens with two attached hydrogens (primary N) is 1. The zero-order chi connectivity index (χ0) is 11.5. The molecule has 86 valence electrons. The van der Waals surface area contributed by atoms with E-state index in [1.807, 2.05) is 23.9 Å². The van der Waals surface area contributed by atoms with Gasteiger partial charge in [0.05, 0.1) is 5.69 Å². The molecule has 2 rings (SSSR count). The summed E-state index contributed by atoms with van der Waals surface area (Å²) in [5.41, 5.74) is 7.51. The summed E-state index contributed by atoms with van der Waals surface area (Å²) in [6.07, 6.45) is 1.74. The summed E-state index contributed by atoms with van der Waals surface area (Å²) in [6, 6.07) is 3.98. The number of anilines is 1. The predicted molar refractivity (Wildman–Crippen MR) is 74.3 cm³/mol. The number of hydrogen-bond donors (Lipinski definition) is 1. The lowest BCUT2D eigenvalue weighted by atomic mass is 10.2. The van der Waals surface area contributed by atoms with Crippen molar-refractivity contribution in [2.45, 2.75) is 12.2 Å². The predicted octanol–water partition coefficient (Wildman–Crippen LogP) is 1.66. The fourth-order valence-corrected chi connectivity index (χ4v) is 3.05. The second-order valence-corrected chi connectivity index (χ2v) is 5.85. The number of pyridine rings is 1. The van der Waals surface area contributed by atoms with Crippen molar-refractivity contribution in [1.29, 1.82) is 0 Å². The molecule has 0 aromatic carbocycles. The summed E-state index contributed by atoms with van der Waals surface area (Å²) in [6.45, 7) is 4.32. The zero-order valence-electron chi connectivity index (χ0n) is 9.22. The Hall–Kier alpha value is -0.810. The Morgan fingerprint density at radius 1 is 1.69 bits per heavy atom. The average Bonchev–Trinajstić information content (AvgIpc) is 2.29. The van der Waals surface area contributed by atoms with Gasteiger partial charge >= 0.3 is 0 Å². The molecule has 16 heavy (non-hydrogen) atoms. The van der Waals surface area contributed by atoms with Crippen LogP contribution in [0.15, 0.2) is 18.3 Å². The van der Waals surface area contributed by atoms with E-state index < -0.39 is 0 Å². The van der Waals surface area contributed by atoms with Gasteiger partial charge in [0.25, 0.3) is 0 Å². The molecule has 1 saturated heterocycles. The molecule has 0 radical (unpaired) electrons. The zero-order valence-corrected chi connectivity index (χ0v) is 10.9. The highest BCUT2D eigenvalue weighted by molar-refractivity contribution is 8.00. The third-order valence-electron chi connectivity index (χ3n) is 2.60. The summed E-state index contributed by atoms with van der Waals surface area (Å²) < 4.78 is 0. The van der Waals surface area contributed by atoms with Crippen molar-refractivity contribution in [2.24, 2.45) is 5.73 Å². The molecule has 1 unspecified atom stereocenters. The van der Waals surface area contributed by atoms with E-state index in [0.29, 0.717) is 10.2 Å². The van der Waals surface area contributed by atoms with Crippen molar-refractivity contribution in [2.75, 3.05) is 23.7 Å². The molecule has 1 aromatic rings. The van der Waals surface area contributed by atoms with E-state index in [1.54, 1.807) is 6.20 Å². The first-order chi connectivity index (χ1) is 7.68. The van der Waals surface area contributed by atoms with Gasteiger partial charge in [0.15, 0.2) is 0 Å². The lowest BCUT2D eigenvalue weighted by Gasteiger charge is -2.33. The maximum absolute atomic E-state index is 5.69. The van der Waals surface area contributed by atoms with E-state index in [2.05, 4.69) is 16.8 Å². The third kappa shape index (κ3) is 2.47. The van der Waals surface area contributed by atoms with Crippen molar-refractivity contribution >= 4 is 34.7 Å². The second-order valence-electron chi connectivity index (χ2n) is 3.86. The average molecular weight is 253 g/mol. The quantitative estimate of drug-likeness (QED) is 0.812.